The van der Waals surface area contributed by atoms with Gasteiger partial charge in [-0.05, 0) is 48.4 Å². The number of esters is 1. The van der Waals surface area contributed by atoms with Crippen molar-refractivity contribution in [2.75, 3.05) is 6.61 Å². The zero-order valence-corrected chi connectivity index (χ0v) is 16.7. The van der Waals surface area contributed by atoms with Crippen LogP contribution in [0.4, 0.5) is 0 Å². The fourth-order valence-electron chi connectivity index (χ4n) is 3.59. The van der Waals surface area contributed by atoms with Gasteiger partial charge in [0.25, 0.3) is 0 Å². The maximum absolute atomic E-state index is 13.0. The molecule has 0 amide bonds. The second kappa shape index (κ2) is 8.02. The number of halogens is 1. The van der Waals surface area contributed by atoms with Crippen molar-refractivity contribution in [2.45, 2.75) is 13.5 Å². The summed E-state index contributed by atoms with van der Waals surface area (Å²) in [6.45, 7) is 2.61. The van der Waals surface area contributed by atoms with Crippen LogP contribution in [0.1, 0.15) is 22.8 Å². The molecule has 0 fully saturated rings. The number of carbonyl (C=O) groups is 1. The zero-order valence-electron chi connectivity index (χ0n) is 15.9. The summed E-state index contributed by atoms with van der Waals surface area (Å²) in [7, 11) is 0. The topological polar surface area (TPSA) is 51.5 Å². The summed E-state index contributed by atoms with van der Waals surface area (Å²) in [6, 6.07) is 22.5. The fraction of sp³-hybridized carbons (Fsp3) is 0.125. The molecule has 0 spiro atoms. The van der Waals surface area contributed by atoms with Gasteiger partial charge in [-0.25, -0.2) is 4.79 Å². The van der Waals surface area contributed by atoms with Crippen molar-refractivity contribution in [1.29, 1.82) is 0 Å². The summed E-state index contributed by atoms with van der Waals surface area (Å²) >= 11 is 6.09. The van der Waals surface area contributed by atoms with Gasteiger partial charge in [-0.1, -0.05) is 54.1 Å². The van der Waals surface area contributed by atoms with Crippen LogP contribution in [0.5, 0.6) is 5.75 Å². The van der Waals surface area contributed by atoms with Crippen LogP contribution in [-0.4, -0.2) is 22.2 Å². The molecule has 0 aliphatic carbocycles. The molecule has 0 atom stereocenters. The average molecular weight is 406 g/mol. The van der Waals surface area contributed by atoms with Gasteiger partial charge in [0.2, 0.25) is 0 Å². The first-order valence-electron chi connectivity index (χ1n) is 9.40. The van der Waals surface area contributed by atoms with Crippen LogP contribution in [-0.2, 0) is 11.3 Å². The van der Waals surface area contributed by atoms with Crippen molar-refractivity contribution in [2.24, 2.45) is 0 Å². The van der Waals surface area contributed by atoms with Gasteiger partial charge in [-0.15, -0.1) is 0 Å². The Morgan fingerprint density at radius 1 is 1.03 bits per heavy atom. The fourth-order valence-corrected chi connectivity index (χ4v) is 3.72. The standard InChI is InChI=1S/C24H20ClNO3/c1-2-29-24(28)22-20-14-19(27)12-13-21(20)26(15-16-6-4-3-5-7-16)23(22)17-8-10-18(25)11-9-17/h3-14,27H,2,15H2,1H3. The summed E-state index contributed by atoms with van der Waals surface area (Å²) in [5.41, 5.74) is 3.98. The van der Waals surface area contributed by atoms with E-state index < -0.39 is 5.97 Å². The number of hydrogen-bond donors (Lipinski definition) is 1. The highest BCUT2D eigenvalue weighted by Gasteiger charge is 2.25. The van der Waals surface area contributed by atoms with E-state index in [0.717, 1.165) is 22.3 Å². The van der Waals surface area contributed by atoms with E-state index >= 15 is 0 Å². The van der Waals surface area contributed by atoms with Crippen molar-refractivity contribution in [3.05, 3.63) is 88.9 Å². The number of nitrogens with zero attached hydrogens (tertiary/aromatic N) is 1. The molecular weight excluding hydrogens is 386 g/mol. The molecule has 0 unspecified atom stereocenters. The molecule has 0 radical (unpaired) electrons. The number of aromatic hydroxyl groups is 1. The Hall–Kier alpha value is -3.24. The lowest BCUT2D eigenvalue weighted by atomic mass is 10.0. The van der Waals surface area contributed by atoms with Crippen LogP contribution in [0.3, 0.4) is 0 Å². The first-order chi connectivity index (χ1) is 14.1. The number of ether oxygens (including phenoxy) is 1. The summed E-state index contributed by atoms with van der Waals surface area (Å²) in [5.74, 6) is -0.317. The molecule has 0 aliphatic heterocycles. The van der Waals surface area contributed by atoms with Crippen LogP contribution in [0.15, 0.2) is 72.8 Å². The first-order valence-corrected chi connectivity index (χ1v) is 9.78. The van der Waals surface area contributed by atoms with Crippen LogP contribution in [0.25, 0.3) is 22.2 Å². The van der Waals surface area contributed by atoms with E-state index in [1.54, 1.807) is 31.2 Å². The summed E-state index contributed by atoms with van der Waals surface area (Å²) in [6.07, 6.45) is 0. The minimum absolute atomic E-state index is 0.0996. The minimum Gasteiger partial charge on any atom is -0.508 e. The van der Waals surface area contributed by atoms with E-state index in [1.165, 1.54) is 0 Å². The minimum atomic E-state index is -0.417. The van der Waals surface area contributed by atoms with E-state index in [9.17, 15) is 9.90 Å². The SMILES string of the molecule is CCOC(=O)c1c(-c2ccc(Cl)cc2)n(Cc2ccccc2)c2ccc(O)cc12. The lowest BCUT2D eigenvalue weighted by Crippen LogP contribution is -2.08. The van der Waals surface area contributed by atoms with Gasteiger partial charge < -0.3 is 14.4 Å². The number of phenols is 1. The first kappa shape index (κ1) is 19.1. The predicted molar refractivity (Wildman–Crippen MR) is 116 cm³/mol. The summed E-state index contributed by atoms with van der Waals surface area (Å²) in [4.78, 5) is 13.0. The molecule has 4 aromatic rings. The third-order valence-electron chi connectivity index (χ3n) is 4.83. The molecule has 0 saturated carbocycles. The number of fused-ring (bicyclic) bond motifs is 1. The van der Waals surface area contributed by atoms with Crippen molar-refractivity contribution in [3.63, 3.8) is 0 Å². The molecule has 0 bridgehead atoms. The van der Waals surface area contributed by atoms with E-state index in [-0.39, 0.29) is 12.4 Å². The van der Waals surface area contributed by atoms with Crippen molar-refractivity contribution in [3.8, 4) is 17.0 Å². The molecule has 0 saturated heterocycles. The second-order valence-electron chi connectivity index (χ2n) is 6.72. The van der Waals surface area contributed by atoms with Crippen molar-refractivity contribution in [1.82, 2.24) is 4.57 Å². The molecule has 1 heterocycles. The van der Waals surface area contributed by atoms with Crippen molar-refractivity contribution < 1.29 is 14.6 Å². The van der Waals surface area contributed by atoms with Crippen LogP contribution in [0.2, 0.25) is 5.02 Å². The third-order valence-corrected chi connectivity index (χ3v) is 5.08. The zero-order chi connectivity index (χ0) is 20.4. The van der Waals surface area contributed by atoms with Gasteiger partial charge in [0, 0.05) is 22.5 Å². The lowest BCUT2D eigenvalue weighted by molar-refractivity contribution is 0.0529. The number of benzene rings is 3. The number of carbonyl (C=O) groups excluding carboxylic acids is 1. The molecule has 29 heavy (non-hydrogen) atoms. The average Bonchev–Trinajstić information content (AvgIpc) is 3.03. The van der Waals surface area contributed by atoms with Gasteiger partial charge in [-0.2, -0.15) is 0 Å². The smallest absolute Gasteiger partial charge is 0.340 e. The Balaban J connectivity index is 2.04. The molecule has 3 aromatic carbocycles. The highest BCUT2D eigenvalue weighted by atomic mass is 35.5. The number of rotatable bonds is 5. The maximum atomic E-state index is 13.0. The van der Waals surface area contributed by atoms with Crippen molar-refractivity contribution >= 4 is 28.5 Å². The molecule has 1 N–H and O–H groups in total. The Bertz CT molecular complexity index is 1160. The Morgan fingerprint density at radius 3 is 2.45 bits per heavy atom. The lowest BCUT2D eigenvalue weighted by Gasteiger charge is -2.13. The Kier molecular flexibility index (Phi) is 5.28. The predicted octanol–water partition coefficient (Wildman–Crippen LogP) is 5.89. The van der Waals surface area contributed by atoms with Gasteiger partial charge in [-0.3, -0.25) is 0 Å². The second-order valence-corrected chi connectivity index (χ2v) is 7.16. The monoisotopic (exact) mass is 405 g/mol. The molecular formula is C24H20ClNO3. The van der Waals surface area contributed by atoms with E-state index in [2.05, 4.69) is 4.57 Å². The van der Waals surface area contributed by atoms with Crippen LogP contribution >= 0.6 is 11.6 Å². The quantitative estimate of drug-likeness (QED) is 0.421. The Labute approximate surface area is 173 Å². The van der Waals surface area contributed by atoms with Gasteiger partial charge in [0.15, 0.2) is 0 Å². The van der Waals surface area contributed by atoms with Gasteiger partial charge in [0.05, 0.1) is 17.9 Å². The van der Waals surface area contributed by atoms with Gasteiger partial charge >= 0.3 is 5.97 Å². The van der Waals surface area contributed by atoms with Crippen LogP contribution in [0, 0.1) is 0 Å². The van der Waals surface area contributed by atoms with E-state index in [0.29, 0.717) is 22.5 Å². The molecule has 4 rings (SSSR count). The maximum Gasteiger partial charge on any atom is 0.340 e. The number of hydrogen-bond acceptors (Lipinski definition) is 3. The highest BCUT2D eigenvalue weighted by Crippen LogP contribution is 2.37. The molecule has 5 heteroatoms. The largest absolute Gasteiger partial charge is 0.508 e. The van der Waals surface area contributed by atoms with E-state index in [4.69, 9.17) is 16.3 Å². The van der Waals surface area contributed by atoms with Crippen LogP contribution < -0.4 is 0 Å². The summed E-state index contributed by atoms with van der Waals surface area (Å²) < 4.78 is 7.45. The number of phenolic OH excluding ortho intramolecular Hbond substituents is 1. The normalized spacial score (nSPS) is 11.0. The highest BCUT2D eigenvalue weighted by molar-refractivity contribution is 6.30. The van der Waals surface area contributed by atoms with Gasteiger partial charge in [0.1, 0.15) is 5.75 Å². The molecule has 4 nitrogen and oxygen atoms in total. The van der Waals surface area contributed by atoms with E-state index in [1.807, 2.05) is 48.5 Å². The molecule has 0 aliphatic rings. The third kappa shape index (κ3) is 3.71. The molecule has 1 aromatic heterocycles. The number of aromatic nitrogens is 1. The molecule has 146 valence electrons. The summed E-state index contributed by atoms with van der Waals surface area (Å²) in [5, 5.41) is 11.4. The Morgan fingerprint density at radius 2 is 1.76 bits per heavy atom.